The molecule has 0 fully saturated rings. The molecule has 0 atom stereocenters. The maximum Gasteiger partial charge on any atom is 0.325 e. The van der Waals surface area contributed by atoms with E-state index in [1.54, 1.807) is 13.0 Å². The molecule has 0 unspecified atom stereocenters. The highest BCUT2D eigenvalue weighted by Gasteiger charge is 2.07. The first-order chi connectivity index (χ1) is 9.58. The Kier molecular flexibility index (Phi) is 5.11. The first-order valence-electron chi connectivity index (χ1n) is 5.85. The predicted octanol–water partition coefficient (Wildman–Crippen LogP) is 2.80. The molecule has 1 heterocycles. The number of rotatable bonds is 4. The summed E-state index contributed by atoms with van der Waals surface area (Å²) in [6.07, 6.45) is 0. The molecule has 0 aliphatic heterocycles. The second-order valence-electron chi connectivity index (χ2n) is 3.74. The lowest BCUT2D eigenvalue weighted by molar-refractivity contribution is -0.141. The lowest BCUT2D eigenvalue weighted by Crippen LogP contribution is -2.33. The molecular formula is C12H12ClN3O2S2. The quantitative estimate of drug-likeness (QED) is 0.664. The van der Waals surface area contributed by atoms with Crippen molar-refractivity contribution in [2.75, 3.05) is 18.5 Å². The highest BCUT2D eigenvalue weighted by molar-refractivity contribution is 7.80. The van der Waals surface area contributed by atoms with E-state index in [0.29, 0.717) is 21.9 Å². The van der Waals surface area contributed by atoms with Crippen LogP contribution in [0.1, 0.15) is 6.92 Å². The van der Waals surface area contributed by atoms with E-state index in [9.17, 15) is 4.79 Å². The van der Waals surface area contributed by atoms with Crippen molar-refractivity contribution in [2.45, 2.75) is 6.92 Å². The van der Waals surface area contributed by atoms with E-state index in [2.05, 4.69) is 15.6 Å². The lowest BCUT2D eigenvalue weighted by atomic mass is 10.3. The second kappa shape index (κ2) is 6.83. The summed E-state index contributed by atoms with van der Waals surface area (Å²) in [4.78, 5) is 15.5. The van der Waals surface area contributed by atoms with Gasteiger partial charge in [0.05, 0.1) is 16.8 Å². The summed E-state index contributed by atoms with van der Waals surface area (Å²) in [5, 5.41) is 7.31. The Hall–Kier alpha value is -1.44. The maximum absolute atomic E-state index is 11.2. The number of nitrogens with zero attached hydrogens (tertiary/aromatic N) is 1. The molecule has 0 radical (unpaired) electrons. The number of carbonyl (C=O) groups is 1. The third kappa shape index (κ3) is 4.03. The smallest absolute Gasteiger partial charge is 0.325 e. The van der Waals surface area contributed by atoms with Crippen LogP contribution >= 0.6 is 35.2 Å². The Morgan fingerprint density at radius 2 is 2.35 bits per heavy atom. The number of fused-ring (bicyclic) bond motifs is 1. The fraction of sp³-hybridized carbons (Fsp3) is 0.250. The molecule has 2 aromatic rings. The van der Waals surface area contributed by atoms with E-state index < -0.39 is 0 Å². The topological polar surface area (TPSA) is 63.2 Å². The molecule has 0 bridgehead atoms. The van der Waals surface area contributed by atoms with E-state index in [1.165, 1.54) is 11.3 Å². The van der Waals surface area contributed by atoms with E-state index in [0.717, 1.165) is 10.2 Å². The van der Waals surface area contributed by atoms with Crippen molar-refractivity contribution < 1.29 is 9.53 Å². The average Bonchev–Trinajstić information content (AvgIpc) is 2.78. The van der Waals surface area contributed by atoms with Crippen LogP contribution in [0.5, 0.6) is 0 Å². The summed E-state index contributed by atoms with van der Waals surface area (Å²) in [7, 11) is 0. The van der Waals surface area contributed by atoms with E-state index in [4.69, 9.17) is 28.6 Å². The zero-order valence-electron chi connectivity index (χ0n) is 10.6. The Labute approximate surface area is 130 Å². The highest BCUT2D eigenvalue weighted by Crippen LogP contribution is 2.28. The largest absolute Gasteiger partial charge is 0.465 e. The van der Waals surface area contributed by atoms with Crippen LogP contribution in [0.2, 0.25) is 5.02 Å². The van der Waals surface area contributed by atoms with E-state index in [1.807, 2.05) is 12.1 Å². The third-order valence-corrected chi connectivity index (χ3v) is 3.68. The van der Waals surface area contributed by atoms with Crippen LogP contribution in [0.25, 0.3) is 10.2 Å². The number of halogens is 1. The summed E-state index contributed by atoms with van der Waals surface area (Å²) < 4.78 is 5.75. The van der Waals surface area contributed by atoms with Crippen LogP contribution in [0.15, 0.2) is 18.2 Å². The SMILES string of the molecule is CCOC(=O)CNC(=S)Nc1nc2ccc(Cl)cc2s1. The molecule has 20 heavy (non-hydrogen) atoms. The van der Waals surface area contributed by atoms with Crippen LogP contribution in [-0.2, 0) is 9.53 Å². The number of benzene rings is 1. The standard InChI is InChI=1S/C12H12ClN3O2S2/c1-2-18-10(17)6-14-11(19)16-12-15-8-4-3-7(13)5-9(8)20-12/h3-5H,2,6H2,1H3,(H2,14,15,16,19). The average molecular weight is 330 g/mol. The molecular weight excluding hydrogens is 318 g/mol. The number of esters is 1. The number of carbonyl (C=O) groups excluding carboxylic acids is 1. The number of ether oxygens (including phenoxy) is 1. The molecule has 1 aromatic heterocycles. The fourth-order valence-corrected chi connectivity index (χ4v) is 2.84. The van der Waals surface area contributed by atoms with Gasteiger partial charge < -0.3 is 15.4 Å². The summed E-state index contributed by atoms with van der Waals surface area (Å²) in [6, 6.07) is 5.47. The zero-order chi connectivity index (χ0) is 14.5. The fourth-order valence-electron chi connectivity index (χ4n) is 1.46. The molecule has 106 valence electrons. The van der Waals surface area contributed by atoms with Crippen LogP contribution in [0, 0.1) is 0 Å². The van der Waals surface area contributed by atoms with Crippen LogP contribution in [0.3, 0.4) is 0 Å². The summed E-state index contributed by atoms with van der Waals surface area (Å²) in [6.45, 7) is 2.12. The molecule has 2 N–H and O–H groups in total. The van der Waals surface area contributed by atoms with Gasteiger partial charge in [-0.05, 0) is 37.3 Å². The second-order valence-corrected chi connectivity index (χ2v) is 5.62. The lowest BCUT2D eigenvalue weighted by Gasteiger charge is -2.07. The van der Waals surface area contributed by atoms with Gasteiger partial charge in [0.1, 0.15) is 6.54 Å². The number of thiocarbonyl (C=S) groups is 1. The van der Waals surface area contributed by atoms with Crippen molar-refractivity contribution in [3.05, 3.63) is 23.2 Å². The van der Waals surface area contributed by atoms with Crippen molar-refractivity contribution in [3.8, 4) is 0 Å². The van der Waals surface area contributed by atoms with Gasteiger partial charge in [0, 0.05) is 5.02 Å². The molecule has 0 saturated heterocycles. The monoisotopic (exact) mass is 329 g/mol. The number of hydrogen-bond donors (Lipinski definition) is 2. The van der Waals surface area contributed by atoms with Gasteiger partial charge in [0.15, 0.2) is 10.2 Å². The number of nitrogens with one attached hydrogen (secondary N) is 2. The van der Waals surface area contributed by atoms with E-state index in [-0.39, 0.29) is 12.5 Å². The van der Waals surface area contributed by atoms with Crippen molar-refractivity contribution >= 4 is 61.6 Å². The van der Waals surface area contributed by atoms with Crippen molar-refractivity contribution in [2.24, 2.45) is 0 Å². The van der Waals surface area contributed by atoms with Crippen molar-refractivity contribution in [1.82, 2.24) is 10.3 Å². The van der Waals surface area contributed by atoms with Gasteiger partial charge in [0.25, 0.3) is 0 Å². The number of aromatic nitrogens is 1. The van der Waals surface area contributed by atoms with E-state index >= 15 is 0 Å². The highest BCUT2D eigenvalue weighted by atomic mass is 35.5. The minimum atomic E-state index is -0.354. The van der Waals surface area contributed by atoms with Gasteiger partial charge in [-0.2, -0.15) is 0 Å². The van der Waals surface area contributed by atoms with Crippen LogP contribution in [-0.4, -0.2) is 29.2 Å². The van der Waals surface area contributed by atoms with Gasteiger partial charge in [-0.1, -0.05) is 22.9 Å². The summed E-state index contributed by atoms with van der Waals surface area (Å²) in [5.74, 6) is -0.354. The number of anilines is 1. The van der Waals surface area contributed by atoms with Crippen LogP contribution in [0.4, 0.5) is 5.13 Å². The molecule has 2 rings (SSSR count). The minimum absolute atomic E-state index is 0.0242. The van der Waals surface area contributed by atoms with Gasteiger partial charge >= 0.3 is 5.97 Å². The van der Waals surface area contributed by atoms with Gasteiger partial charge in [-0.15, -0.1) is 0 Å². The van der Waals surface area contributed by atoms with Gasteiger partial charge in [0.2, 0.25) is 0 Å². The number of thiazole rings is 1. The molecule has 0 saturated carbocycles. The third-order valence-electron chi connectivity index (χ3n) is 2.27. The Balaban J connectivity index is 1.94. The van der Waals surface area contributed by atoms with Crippen LogP contribution < -0.4 is 10.6 Å². The van der Waals surface area contributed by atoms with Crippen molar-refractivity contribution in [1.29, 1.82) is 0 Å². The molecule has 8 heteroatoms. The molecule has 0 spiro atoms. The first-order valence-corrected chi connectivity index (χ1v) is 7.45. The zero-order valence-corrected chi connectivity index (χ0v) is 13.0. The normalized spacial score (nSPS) is 10.3. The van der Waals surface area contributed by atoms with Gasteiger partial charge in [-0.25, -0.2) is 4.98 Å². The predicted molar refractivity (Wildman–Crippen MR) is 85.5 cm³/mol. The summed E-state index contributed by atoms with van der Waals surface area (Å²) >= 11 is 12.4. The molecule has 5 nitrogen and oxygen atoms in total. The molecule has 0 aliphatic rings. The van der Waals surface area contributed by atoms with Gasteiger partial charge in [-0.3, -0.25) is 4.79 Å². The molecule has 0 amide bonds. The Bertz CT molecular complexity index is 645. The Morgan fingerprint density at radius 1 is 1.55 bits per heavy atom. The number of hydrogen-bond acceptors (Lipinski definition) is 5. The molecule has 1 aromatic carbocycles. The minimum Gasteiger partial charge on any atom is -0.465 e. The first kappa shape index (κ1) is 15.0. The maximum atomic E-state index is 11.2. The summed E-state index contributed by atoms with van der Waals surface area (Å²) in [5.41, 5.74) is 0.843. The van der Waals surface area contributed by atoms with Crippen molar-refractivity contribution in [3.63, 3.8) is 0 Å². The molecule has 0 aliphatic carbocycles. The Morgan fingerprint density at radius 3 is 3.10 bits per heavy atom.